The predicted molar refractivity (Wildman–Crippen MR) is 70.0 cm³/mol. The predicted octanol–water partition coefficient (Wildman–Crippen LogP) is 2.52. The molecule has 4 aromatic rings. The van der Waals surface area contributed by atoms with Gasteiger partial charge in [-0.15, -0.1) is 5.10 Å². The maximum Gasteiger partial charge on any atom is 0.112 e. The molecule has 4 rings (SSSR count). The van der Waals surface area contributed by atoms with Crippen LogP contribution in [0, 0.1) is 0 Å². The van der Waals surface area contributed by atoms with Gasteiger partial charge in [-0.1, -0.05) is 35.5 Å². The highest BCUT2D eigenvalue weighted by Gasteiger charge is 1.90. The molecule has 2 heterocycles. The summed E-state index contributed by atoms with van der Waals surface area (Å²) < 4.78 is 0. The molecular formula is C13H11N5. The van der Waals surface area contributed by atoms with Crippen LogP contribution in [0.2, 0.25) is 0 Å². The quantitative estimate of drug-likeness (QED) is 0.493. The summed E-state index contributed by atoms with van der Waals surface area (Å²) in [5, 5.41) is 18.1. The molecule has 18 heavy (non-hydrogen) atoms. The van der Waals surface area contributed by atoms with Gasteiger partial charge in [0.1, 0.15) is 5.52 Å². The number of H-pyrrole nitrogens is 2. The fraction of sp³-hybridized carbons (Fsp3) is 0. The van der Waals surface area contributed by atoms with Crippen LogP contribution in [0.15, 0.2) is 54.7 Å². The summed E-state index contributed by atoms with van der Waals surface area (Å²) in [4.78, 5) is 0. The van der Waals surface area contributed by atoms with Crippen molar-refractivity contribution >= 4 is 21.9 Å². The third-order valence-corrected chi connectivity index (χ3v) is 2.58. The van der Waals surface area contributed by atoms with E-state index in [4.69, 9.17) is 0 Å². The number of rotatable bonds is 0. The van der Waals surface area contributed by atoms with Crippen molar-refractivity contribution in [2.45, 2.75) is 0 Å². The van der Waals surface area contributed by atoms with E-state index in [2.05, 4.69) is 25.6 Å². The van der Waals surface area contributed by atoms with Crippen LogP contribution in [0.1, 0.15) is 0 Å². The van der Waals surface area contributed by atoms with Gasteiger partial charge in [-0.2, -0.15) is 5.10 Å². The molecule has 5 nitrogen and oxygen atoms in total. The summed E-state index contributed by atoms with van der Waals surface area (Å²) in [7, 11) is 0. The van der Waals surface area contributed by atoms with Crippen molar-refractivity contribution < 1.29 is 0 Å². The molecule has 2 aromatic carbocycles. The first-order valence-corrected chi connectivity index (χ1v) is 5.57. The minimum atomic E-state index is 0.914. The zero-order chi connectivity index (χ0) is 12.2. The number of fused-ring (bicyclic) bond motifs is 2. The number of hydrogen-bond acceptors (Lipinski definition) is 3. The van der Waals surface area contributed by atoms with Gasteiger partial charge >= 0.3 is 0 Å². The lowest BCUT2D eigenvalue weighted by atomic mass is 10.3. The van der Waals surface area contributed by atoms with Crippen molar-refractivity contribution in [1.82, 2.24) is 25.6 Å². The molecule has 5 heteroatoms. The Balaban J connectivity index is 0.000000111. The van der Waals surface area contributed by atoms with Gasteiger partial charge in [0.25, 0.3) is 0 Å². The van der Waals surface area contributed by atoms with Gasteiger partial charge in [0.15, 0.2) is 0 Å². The second-order valence-corrected chi connectivity index (χ2v) is 3.79. The first kappa shape index (κ1) is 10.5. The van der Waals surface area contributed by atoms with Gasteiger partial charge in [-0.3, -0.25) is 10.2 Å². The van der Waals surface area contributed by atoms with Crippen LogP contribution < -0.4 is 0 Å². The molecule has 2 aromatic heterocycles. The average molecular weight is 237 g/mol. The molecule has 0 bridgehead atoms. The molecular weight excluding hydrogens is 226 g/mol. The number of hydrogen-bond donors (Lipinski definition) is 2. The van der Waals surface area contributed by atoms with E-state index in [1.807, 2.05) is 54.7 Å². The molecule has 0 unspecified atom stereocenters. The fourth-order valence-electron chi connectivity index (χ4n) is 1.67. The molecule has 0 spiro atoms. The molecule has 0 amide bonds. The number of nitrogens with one attached hydrogen (secondary N) is 2. The Bertz CT molecular complexity index is 629. The lowest BCUT2D eigenvalue weighted by Gasteiger charge is -1.81. The third kappa shape index (κ3) is 2.06. The summed E-state index contributed by atoms with van der Waals surface area (Å²) in [6.45, 7) is 0. The molecule has 0 aliphatic rings. The molecule has 0 aliphatic carbocycles. The summed E-state index contributed by atoms with van der Waals surface area (Å²) in [5.41, 5.74) is 2.99. The van der Waals surface area contributed by atoms with Crippen LogP contribution in [0.4, 0.5) is 0 Å². The Hall–Kier alpha value is -2.69. The summed E-state index contributed by atoms with van der Waals surface area (Å²) in [5.74, 6) is 0. The van der Waals surface area contributed by atoms with Crippen molar-refractivity contribution in [2.24, 2.45) is 0 Å². The van der Waals surface area contributed by atoms with Gasteiger partial charge in [0.2, 0.25) is 0 Å². The number of aromatic amines is 2. The molecule has 0 saturated heterocycles. The van der Waals surface area contributed by atoms with Crippen molar-refractivity contribution in [1.29, 1.82) is 0 Å². The van der Waals surface area contributed by atoms with E-state index in [9.17, 15) is 0 Å². The molecule has 2 N–H and O–H groups in total. The van der Waals surface area contributed by atoms with E-state index >= 15 is 0 Å². The van der Waals surface area contributed by atoms with Crippen LogP contribution in [0.25, 0.3) is 21.9 Å². The van der Waals surface area contributed by atoms with Crippen LogP contribution in [0.5, 0.6) is 0 Å². The third-order valence-electron chi connectivity index (χ3n) is 2.58. The SMILES string of the molecule is c1ccc2[nH]ncc2c1.c1ccc2[nH]nnc2c1. The van der Waals surface area contributed by atoms with E-state index < -0.39 is 0 Å². The van der Waals surface area contributed by atoms with Gasteiger partial charge in [-0.05, 0) is 18.2 Å². The van der Waals surface area contributed by atoms with Gasteiger partial charge in [-0.25, -0.2) is 0 Å². The van der Waals surface area contributed by atoms with Crippen molar-refractivity contribution in [3.05, 3.63) is 54.7 Å². The maximum absolute atomic E-state index is 3.88. The van der Waals surface area contributed by atoms with Gasteiger partial charge in [0, 0.05) is 5.39 Å². The van der Waals surface area contributed by atoms with Crippen LogP contribution in [-0.2, 0) is 0 Å². The standard InChI is InChI=1S/C7H6N2.C6H5N3/c1-2-4-7-6(3-1)5-8-9-7;1-2-4-6-5(3-1)7-9-8-6/h1-5H,(H,8,9);1-4H,(H,7,8,9). The largest absolute Gasteiger partial charge is 0.278 e. The highest BCUT2D eigenvalue weighted by Crippen LogP contribution is 2.07. The van der Waals surface area contributed by atoms with E-state index in [1.165, 1.54) is 0 Å². The van der Waals surface area contributed by atoms with Gasteiger partial charge in [0.05, 0.1) is 17.2 Å². The van der Waals surface area contributed by atoms with Crippen molar-refractivity contribution in [3.63, 3.8) is 0 Å². The highest BCUT2D eigenvalue weighted by molar-refractivity contribution is 5.77. The van der Waals surface area contributed by atoms with Crippen LogP contribution in [0.3, 0.4) is 0 Å². The number of aromatic nitrogens is 5. The lowest BCUT2D eigenvalue weighted by molar-refractivity contribution is 0.959. The Labute approximate surface area is 103 Å². The van der Waals surface area contributed by atoms with Crippen LogP contribution in [-0.4, -0.2) is 25.6 Å². The minimum Gasteiger partial charge on any atom is -0.278 e. The first-order chi connectivity index (χ1) is 8.93. The maximum atomic E-state index is 3.88. The van der Waals surface area contributed by atoms with E-state index in [1.54, 1.807) is 0 Å². The zero-order valence-corrected chi connectivity index (χ0v) is 9.54. The normalized spacial score (nSPS) is 10.2. The summed E-state index contributed by atoms with van der Waals surface area (Å²) in [6, 6.07) is 15.8. The Morgan fingerprint density at radius 2 is 1.56 bits per heavy atom. The number of nitrogens with zero attached hydrogens (tertiary/aromatic N) is 3. The molecule has 0 fully saturated rings. The topological polar surface area (TPSA) is 70.2 Å². The molecule has 0 atom stereocenters. The Morgan fingerprint density at radius 3 is 2.39 bits per heavy atom. The minimum absolute atomic E-state index is 0.914. The molecule has 0 aliphatic heterocycles. The van der Waals surface area contributed by atoms with E-state index in [-0.39, 0.29) is 0 Å². The van der Waals surface area contributed by atoms with Crippen molar-refractivity contribution in [3.8, 4) is 0 Å². The molecule has 0 saturated carbocycles. The van der Waals surface area contributed by atoms with Crippen LogP contribution >= 0.6 is 0 Å². The number of benzene rings is 2. The molecule has 0 radical (unpaired) electrons. The zero-order valence-electron chi connectivity index (χ0n) is 9.54. The fourth-order valence-corrected chi connectivity index (χ4v) is 1.67. The van der Waals surface area contributed by atoms with Crippen molar-refractivity contribution in [2.75, 3.05) is 0 Å². The van der Waals surface area contributed by atoms with E-state index in [0.29, 0.717) is 0 Å². The first-order valence-electron chi connectivity index (χ1n) is 5.57. The average Bonchev–Trinajstić information content (AvgIpc) is 3.08. The lowest BCUT2D eigenvalue weighted by Crippen LogP contribution is -1.63. The summed E-state index contributed by atoms with van der Waals surface area (Å²) in [6.07, 6.45) is 1.81. The van der Waals surface area contributed by atoms with Gasteiger partial charge < -0.3 is 0 Å². The highest BCUT2D eigenvalue weighted by atomic mass is 15.3. The smallest absolute Gasteiger partial charge is 0.112 e. The second-order valence-electron chi connectivity index (χ2n) is 3.79. The monoisotopic (exact) mass is 237 g/mol. The number of para-hydroxylation sites is 2. The Morgan fingerprint density at radius 1 is 0.778 bits per heavy atom. The molecule has 88 valence electrons. The Kier molecular flexibility index (Phi) is 2.71. The summed E-state index contributed by atoms with van der Waals surface area (Å²) >= 11 is 0. The van der Waals surface area contributed by atoms with E-state index in [0.717, 1.165) is 21.9 Å². The second kappa shape index (κ2) is 4.67.